The lowest BCUT2D eigenvalue weighted by molar-refractivity contribution is 0.0952. The van der Waals surface area contributed by atoms with E-state index in [1.165, 1.54) is 36.7 Å². The highest BCUT2D eigenvalue weighted by atomic mass is 19.1. The third kappa shape index (κ3) is 5.65. The second kappa shape index (κ2) is 8.89. The van der Waals surface area contributed by atoms with E-state index in [2.05, 4.69) is 15.6 Å². The first-order valence-electron chi connectivity index (χ1n) is 7.91. The van der Waals surface area contributed by atoms with Crippen LogP contribution in [0, 0.1) is 5.82 Å². The van der Waals surface area contributed by atoms with Crippen molar-refractivity contribution in [3.05, 3.63) is 59.7 Å². The number of carbonyl (C=O) groups excluding carboxylic acids is 2. The van der Waals surface area contributed by atoms with E-state index in [-0.39, 0.29) is 22.7 Å². The first kappa shape index (κ1) is 18.5. The molecule has 1 aromatic carbocycles. The molecule has 0 aliphatic carbocycles. The number of anilines is 1. The Morgan fingerprint density at radius 2 is 1.80 bits per heavy atom. The third-order valence-corrected chi connectivity index (χ3v) is 3.45. The zero-order valence-corrected chi connectivity index (χ0v) is 14.3. The lowest BCUT2D eigenvalue weighted by Crippen LogP contribution is -2.27. The zero-order valence-electron chi connectivity index (χ0n) is 14.3. The van der Waals surface area contributed by atoms with Crippen LogP contribution in [0.1, 0.15) is 27.1 Å². The highest BCUT2D eigenvalue weighted by molar-refractivity contribution is 6.05. The van der Waals surface area contributed by atoms with Crippen LogP contribution in [0.5, 0.6) is 0 Å². The van der Waals surface area contributed by atoms with E-state index in [4.69, 9.17) is 0 Å². The lowest BCUT2D eigenvalue weighted by atomic mass is 10.1. The number of hydrogen-bond acceptors (Lipinski definition) is 4. The number of benzene rings is 1. The Balaban J connectivity index is 1.99. The minimum Gasteiger partial charge on any atom is -0.352 e. The lowest BCUT2D eigenvalue weighted by Gasteiger charge is -2.10. The largest absolute Gasteiger partial charge is 0.352 e. The van der Waals surface area contributed by atoms with Gasteiger partial charge in [-0.3, -0.25) is 14.6 Å². The van der Waals surface area contributed by atoms with E-state index >= 15 is 0 Å². The number of carbonyl (C=O) groups is 2. The van der Waals surface area contributed by atoms with Gasteiger partial charge in [0.1, 0.15) is 5.82 Å². The van der Waals surface area contributed by atoms with Gasteiger partial charge in [-0.15, -0.1) is 0 Å². The third-order valence-electron chi connectivity index (χ3n) is 3.45. The number of hydrogen-bond donors (Lipinski definition) is 2. The van der Waals surface area contributed by atoms with Gasteiger partial charge in [-0.25, -0.2) is 4.39 Å². The van der Waals surface area contributed by atoms with Crippen LogP contribution >= 0.6 is 0 Å². The summed E-state index contributed by atoms with van der Waals surface area (Å²) in [6.07, 6.45) is 3.54. The van der Waals surface area contributed by atoms with Crippen molar-refractivity contribution < 1.29 is 14.0 Å². The van der Waals surface area contributed by atoms with Crippen LogP contribution in [0.2, 0.25) is 0 Å². The van der Waals surface area contributed by atoms with Gasteiger partial charge in [0.25, 0.3) is 11.8 Å². The van der Waals surface area contributed by atoms with Gasteiger partial charge < -0.3 is 15.5 Å². The number of amides is 2. The van der Waals surface area contributed by atoms with Crippen molar-refractivity contribution in [2.75, 3.05) is 32.5 Å². The molecule has 6 nitrogen and oxygen atoms in total. The topological polar surface area (TPSA) is 74.3 Å². The predicted octanol–water partition coefficient (Wildman–Crippen LogP) is 2.15. The first-order valence-corrected chi connectivity index (χ1v) is 7.91. The average Bonchev–Trinajstić information content (AvgIpc) is 2.60. The van der Waals surface area contributed by atoms with Crippen LogP contribution in [0.4, 0.5) is 10.1 Å². The molecular formula is C18H21FN4O2. The van der Waals surface area contributed by atoms with Crippen LogP contribution in [-0.4, -0.2) is 48.9 Å². The second-order valence-electron chi connectivity index (χ2n) is 5.81. The molecule has 0 fully saturated rings. The summed E-state index contributed by atoms with van der Waals surface area (Å²) in [6, 6.07) is 7.31. The summed E-state index contributed by atoms with van der Waals surface area (Å²) in [5.74, 6) is -1.36. The number of nitrogens with one attached hydrogen (secondary N) is 2. The maximum atomic E-state index is 13.6. The summed E-state index contributed by atoms with van der Waals surface area (Å²) >= 11 is 0. The van der Waals surface area contributed by atoms with Crippen molar-refractivity contribution >= 4 is 17.5 Å². The molecule has 7 heteroatoms. The maximum absolute atomic E-state index is 13.6. The van der Waals surface area contributed by atoms with E-state index < -0.39 is 11.7 Å². The Morgan fingerprint density at radius 3 is 2.48 bits per heavy atom. The Bertz CT molecular complexity index is 749. The summed E-state index contributed by atoms with van der Waals surface area (Å²) in [5.41, 5.74) is 0.543. The molecule has 2 N–H and O–H groups in total. The van der Waals surface area contributed by atoms with Gasteiger partial charge in [-0.1, -0.05) is 12.1 Å². The standard InChI is InChI=1S/C18H21FN4O2/c1-23(2)9-5-8-21-17(24)13-10-14(12-20-11-13)18(25)22-16-7-4-3-6-15(16)19/h3-4,6-7,10-12H,5,8-9H2,1-2H3,(H,21,24)(H,22,25). The van der Waals surface area contributed by atoms with E-state index in [1.807, 2.05) is 19.0 Å². The molecule has 2 amide bonds. The van der Waals surface area contributed by atoms with E-state index in [0.29, 0.717) is 6.54 Å². The van der Waals surface area contributed by atoms with Gasteiger partial charge in [0.05, 0.1) is 16.8 Å². The van der Waals surface area contributed by atoms with E-state index in [0.717, 1.165) is 13.0 Å². The van der Waals surface area contributed by atoms with E-state index in [1.54, 1.807) is 6.07 Å². The van der Waals surface area contributed by atoms with Gasteiger partial charge in [-0.2, -0.15) is 0 Å². The van der Waals surface area contributed by atoms with Crippen LogP contribution < -0.4 is 10.6 Å². The highest BCUT2D eigenvalue weighted by Gasteiger charge is 2.12. The number of rotatable bonds is 7. The molecule has 25 heavy (non-hydrogen) atoms. The quantitative estimate of drug-likeness (QED) is 0.755. The predicted molar refractivity (Wildman–Crippen MR) is 94.1 cm³/mol. The van der Waals surface area contributed by atoms with E-state index in [9.17, 15) is 14.0 Å². The molecule has 0 spiro atoms. The first-order chi connectivity index (χ1) is 12.0. The van der Waals surface area contributed by atoms with Crippen molar-refractivity contribution in [1.82, 2.24) is 15.2 Å². The fourth-order valence-corrected chi connectivity index (χ4v) is 2.14. The van der Waals surface area contributed by atoms with Gasteiger partial charge >= 0.3 is 0 Å². The highest BCUT2D eigenvalue weighted by Crippen LogP contribution is 2.14. The molecule has 0 unspecified atom stereocenters. The zero-order chi connectivity index (χ0) is 18.2. The maximum Gasteiger partial charge on any atom is 0.257 e. The van der Waals surface area contributed by atoms with Crippen molar-refractivity contribution in [2.45, 2.75) is 6.42 Å². The van der Waals surface area contributed by atoms with Crippen LogP contribution in [0.3, 0.4) is 0 Å². The normalized spacial score (nSPS) is 10.6. The fourth-order valence-electron chi connectivity index (χ4n) is 2.14. The number of halogens is 1. The average molecular weight is 344 g/mol. The summed E-state index contributed by atoms with van der Waals surface area (Å²) in [6.45, 7) is 1.40. The number of nitrogens with zero attached hydrogens (tertiary/aromatic N) is 2. The summed E-state index contributed by atoms with van der Waals surface area (Å²) in [7, 11) is 3.92. The molecule has 0 saturated heterocycles. The molecule has 0 aliphatic rings. The summed E-state index contributed by atoms with van der Waals surface area (Å²) in [5, 5.41) is 5.25. The smallest absolute Gasteiger partial charge is 0.257 e. The molecule has 2 rings (SSSR count). The van der Waals surface area contributed by atoms with Crippen LogP contribution in [0.25, 0.3) is 0 Å². The number of para-hydroxylation sites is 1. The Morgan fingerprint density at radius 1 is 1.12 bits per heavy atom. The molecular weight excluding hydrogens is 323 g/mol. The van der Waals surface area contributed by atoms with Crippen molar-refractivity contribution in [3.63, 3.8) is 0 Å². The van der Waals surface area contributed by atoms with Crippen LogP contribution in [0.15, 0.2) is 42.7 Å². The number of aromatic nitrogens is 1. The van der Waals surface area contributed by atoms with Crippen LogP contribution in [-0.2, 0) is 0 Å². The fraction of sp³-hybridized carbons (Fsp3) is 0.278. The summed E-state index contributed by atoms with van der Waals surface area (Å²) < 4.78 is 13.6. The van der Waals surface area contributed by atoms with Crippen molar-refractivity contribution in [1.29, 1.82) is 0 Å². The van der Waals surface area contributed by atoms with Gasteiger partial charge in [0, 0.05) is 18.9 Å². The SMILES string of the molecule is CN(C)CCCNC(=O)c1cncc(C(=O)Nc2ccccc2F)c1. The minimum atomic E-state index is -0.529. The second-order valence-corrected chi connectivity index (χ2v) is 5.81. The van der Waals surface area contributed by atoms with Gasteiger partial charge in [0.2, 0.25) is 0 Å². The summed E-state index contributed by atoms with van der Waals surface area (Å²) in [4.78, 5) is 30.3. The molecule has 0 aliphatic heterocycles. The van der Waals surface area contributed by atoms with Crippen molar-refractivity contribution in [2.24, 2.45) is 0 Å². The molecule has 0 atom stereocenters. The molecule has 132 valence electrons. The Labute approximate surface area is 146 Å². The number of pyridine rings is 1. The molecule has 0 saturated carbocycles. The molecule has 0 bridgehead atoms. The van der Waals surface area contributed by atoms with Gasteiger partial charge in [0.15, 0.2) is 0 Å². The van der Waals surface area contributed by atoms with Crippen molar-refractivity contribution in [3.8, 4) is 0 Å². The minimum absolute atomic E-state index is 0.0750. The van der Waals surface area contributed by atoms with Gasteiger partial charge in [-0.05, 0) is 45.3 Å². The molecule has 0 radical (unpaired) electrons. The Hall–Kier alpha value is -2.80. The Kier molecular flexibility index (Phi) is 6.59. The monoisotopic (exact) mass is 344 g/mol. The molecule has 1 aromatic heterocycles. The molecule has 2 aromatic rings. The molecule has 1 heterocycles.